The zero-order valence-corrected chi connectivity index (χ0v) is 9.11. The van der Waals surface area contributed by atoms with E-state index in [0.717, 1.165) is 5.22 Å². The van der Waals surface area contributed by atoms with Gasteiger partial charge >= 0.3 is 5.97 Å². The highest BCUT2D eigenvalue weighted by Gasteiger charge is 2.11. The standard InChI is InChI=1S/C11H9NO3S/c13-11(14)5-9-6-12-10-4-2-1-3-8(10)7-16(9)15/h1-4,6-7H,5H2,(H,13,14). The molecule has 0 saturated heterocycles. The van der Waals surface area contributed by atoms with Crippen LogP contribution in [0.25, 0.3) is 5.41 Å². The van der Waals surface area contributed by atoms with E-state index < -0.39 is 16.8 Å². The summed E-state index contributed by atoms with van der Waals surface area (Å²) in [5.74, 6) is -1.01. The Morgan fingerprint density at radius 1 is 1.38 bits per heavy atom. The zero-order valence-electron chi connectivity index (χ0n) is 8.29. The van der Waals surface area contributed by atoms with Crippen LogP contribution in [0.3, 0.4) is 0 Å². The van der Waals surface area contributed by atoms with E-state index in [9.17, 15) is 9.00 Å². The lowest BCUT2D eigenvalue weighted by Gasteiger charge is -1.96. The van der Waals surface area contributed by atoms with Gasteiger partial charge in [-0.25, -0.2) is 4.21 Å². The zero-order chi connectivity index (χ0) is 11.5. The monoisotopic (exact) mass is 235 g/mol. The van der Waals surface area contributed by atoms with Crippen molar-refractivity contribution in [3.63, 3.8) is 0 Å². The van der Waals surface area contributed by atoms with Crippen molar-refractivity contribution in [2.24, 2.45) is 4.99 Å². The van der Waals surface area contributed by atoms with Crippen LogP contribution in [0.2, 0.25) is 0 Å². The summed E-state index contributed by atoms with van der Waals surface area (Å²) in [6.45, 7) is 0. The molecule has 5 heteroatoms. The van der Waals surface area contributed by atoms with Crippen LogP contribution in [0.4, 0.5) is 0 Å². The molecule has 1 heterocycles. The van der Waals surface area contributed by atoms with Gasteiger partial charge in [-0.05, 0) is 6.07 Å². The molecule has 1 N–H and O–H groups in total. The van der Waals surface area contributed by atoms with Crippen molar-refractivity contribution >= 4 is 22.2 Å². The summed E-state index contributed by atoms with van der Waals surface area (Å²) in [7, 11) is -1.42. The molecule has 1 aromatic rings. The number of fused-ring (bicyclic) bond motifs is 1. The number of rotatable bonds is 2. The Morgan fingerprint density at radius 3 is 2.88 bits per heavy atom. The summed E-state index contributed by atoms with van der Waals surface area (Å²) in [4.78, 5) is 15.0. The molecule has 16 heavy (non-hydrogen) atoms. The molecule has 0 spiro atoms. The van der Waals surface area contributed by atoms with E-state index >= 15 is 0 Å². The molecule has 0 aliphatic carbocycles. The van der Waals surface area contributed by atoms with Gasteiger partial charge in [-0.1, -0.05) is 18.2 Å². The molecule has 0 aromatic heterocycles. The minimum Gasteiger partial charge on any atom is -0.481 e. The highest BCUT2D eigenvalue weighted by Crippen LogP contribution is 2.09. The van der Waals surface area contributed by atoms with Gasteiger partial charge in [0, 0.05) is 16.8 Å². The molecule has 2 rings (SSSR count). The molecule has 0 saturated carbocycles. The Hall–Kier alpha value is -1.75. The van der Waals surface area contributed by atoms with Crippen molar-refractivity contribution in [3.05, 3.63) is 45.9 Å². The minimum absolute atomic E-state index is 0.249. The van der Waals surface area contributed by atoms with E-state index in [4.69, 9.17) is 5.11 Å². The van der Waals surface area contributed by atoms with Crippen LogP contribution in [-0.2, 0) is 15.6 Å². The van der Waals surface area contributed by atoms with Crippen LogP contribution in [-0.4, -0.2) is 15.3 Å². The van der Waals surface area contributed by atoms with Crippen LogP contribution in [0.15, 0.2) is 40.4 Å². The van der Waals surface area contributed by atoms with Gasteiger partial charge in [-0.3, -0.25) is 9.79 Å². The second-order valence-corrected chi connectivity index (χ2v) is 4.62. The summed E-state index contributed by atoms with van der Waals surface area (Å²) in [5.41, 5.74) is 0. The maximum atomic E-state index is 11.8. The van der Waals surface area contributed by atoms with E-state index in [1.54, 1.807) is 12.1 Å². The SMILES string of the molecule is O=C(O)CC1=CN=c2ccccc2=CS1=O. The largest absolute Gasteiger partial charge is 0.481 e. The van der Waals surface area contributed by atoms with Gasteiger partial charge in [0.1, 0.15) is 0 Å². The third kappa shape index (κ3) is 2.25. The summed E-state index contributed by atoms with van der Waals surface area (Å²) >= 11 is 0. The maximum absolute atomic E-state index is 11.8. The average Bonchev–Trinajstić information content (AvgIpc) is 2.39. The Labute approximate surface area is 94.1 Å². The quantitative estimate of drug-likeness (QED) is 0.792. The van der Waals surface area contributed by atoms with Crippen LogP contribution < -0.4 is 10.6 Å². The van der Waals surface area contributed by atoms with Crippen molar-refractivity contribution < 1.29 is 14.1 Å². The van der Waals surface area contributed by atoms with Crippen LogP contribution in [0.1, 0.15) is 6.42 Å². The Kier molecular flexibility index (Phi) is 2.96. The van der Waals surface area contributed by atoms with Crippen molar-refractivity contribution in [2.75, 3.05) is 0 Å². The lowest BCUT2D eigenvalue weighted by Crippen LogP contribution is -2.23. The first-order chi connectivity index (χ1) is 7.66. The molecule has 0 bridgehead atoms. The first kappa shape index (κ1) is 10.8. The summed E-state index contributed by atoms with van der Waals surface area (Å²) in [6.07, 6.45) is 1.13. The fraction of sp³-hybridized carbons (Fsp3) is 0.0909. The van der Waals surface area contributed by atoms with Gasteiger partial charge in [-0.15, -0.1) is 0 Å². The normalized spacial score (nSPS) is 18.5. The van der Waals surface area contributed by atoms with Gasteiger partial charge in [0.05, 0.1) is 27.5 Å². The van der Waals surface area contributed by atoms with Crippen molar-refractivity contribution in [2.45, 2.75) is 6.42 Å². The highest BCUT2D eigenvalue weighted by atomic mass is 32.2. The summed E-state index contributed by atoms with van der Waals surface area (Å²) in [6, 6.07) is 7.25. The Bertz CT molecular complexity index is 604. The van der Waals surface area contributed by atoms with E-state index in [1.807, 2.05) is 12.1 Å². The number of aliphatic carboxylic acids is 1. The maximum Gasteiger partial charge on any atom is 0.308 e. The van der Waals surface area contributed by atoms with Gasteiger partial charge < -0.3 is 5.11 Å². The van der Waals surface area contributed by atoms with Crippen LogP contribution >= 0.6 is 0 Å². The molecule has 0 fully saturated rings. The number of carbonyl (C=O) groups is 1. The van der Waals surface area contributed by atoms with Crippen molar-refractivity contribution in [1.82, 2.24) is 0 Å². The topological polar surface area (TPSA) is 66.7 Å². The number of carboxylic acids is 1. The smallest absolute Gasteiger partial charge is 0.308 e. The third-order valence-corrected chi connectivity index (χ3v) is 3.34. The lowest BCUT2D eigenvalue weighted by molar-refractivity contribution is -0.136. The number of hydrogen-bond donors (Lipinski definition) is 1. The summed E-state index contributed by atoms with van der Waals surface area (Å²) < 4.78 is 11.8. The molecule has 4 nitrogen and oxygen atoms in total. The van der Waals surface area contributed by atoms with E-state index in [-0.39, 0.29) is 6.42 Å². The van der Waals surface area contributed by atoms with E-state index in [0.29, 0.717) is 10.3 Å². The van der Waals surface area contributed by atoms with Gasteiger partial charge in [0.25, 0.3) is 0 Å². The highest BCUT2D eigenvalue weighted by molar-refractivity contribution is 7.96. The molecule has 1 aliphatic heterocycles. The van der Waals surface area contributed by atoms with Gasteiger partial charge in [0.15, 0.2) is 0 Å². The first-order valence-electron chi connectivity index (χ1n) is 4.63. The molecule has 0 amide bonds. The van der Waals surface area contributed by atoms with Crippen molar-refractivity contribution in [1.29, 1.82) is 0 Å². The van der Waals surface area contributed by atoms with Gasteiger partial charge in [-0.2, -0.15) is 0 Å². The molecule has 1 atom stereocenters. The third-order valence-electron chi connectivity index (χ3n) is 2.10. The first-order valence-corrected chi connectivity index (χ1v) is 5.84. The van der Waals surface area contributed by atoms with E-state index in [2.05, 4.69) is 4.99 Å². The van der Waals surface area contributed by atoms with Gasteiger partial charge in [0.2, 0.25) is 0 Å². The molecule has 1 unspecified atom stereocenters. The number of benzene rings is 1. The molecule has 1 aromatic carbocycles. The molecule has 82 valence electrons. The molecule has 1 aliphatic rings. The summed E-state index contributed by atoms with van der Waals surface area (Å²) in [5, 5.41) is 11.7. The molecular formula is C11H9NO3S. The molecule has 0 radical (unpaired) electrons. The predicted molar refractivity (Wildman–Crippen MR) is 60.2 cm³/mol. The van der Waals surface area contributed by atoms with Crippen molar-refractivity contribution in [3.8, 4) is 0 Å². The van der Waals surface area contributed by atoms with Crippen LogP contribution in [0.5, 0.6) is 0 Å². The second kappa shape index (κ2) is 4.40. The number of para-hydroxylation sites is 1. The number of nitrogens with zero attached hydrogens (tertiary/aromatic N) is 1. The fourth-order valence-electron chi connectivity index (χ4n) is 1.36. The lowest BCUT2D eigenvalue weighted by atomic mass is 10.3. The Balaban J connectivity index is 2.52. The average molecular weight is 235 g/mol. The van der Waals surface area contributed by atoms with Crippen LogP contribution in [0, 0.1) is 0 Å². The predicted octanol–water partition coefficient (Wildman–Crippen LogP) is 0.123. The number of carboxylic acid groups (broad SMARTS) is 1. The minimum atomic E-state index is -1.42. The number of hydrogen-bond acceptors (Lipinski definition) is 3. The second-order valence-electron chi connectivity index (χ2n) is 3.27. The van der Waals surface area contributed by atoms with E-state index in [1.165, 1.54) is 11.6 Å². The molecular weight excluding hydrogens is 226 g/mol. The fourth-order valence-corrected chi connectivity index (χ4v) is 2.36. The Morgan fingerprint density at radius 2 is 2.12 bits per heavy atom.